The third-order valence-corrected chi connectivity index (χ3v) is 9.82. The highest BCUT2D eigenvalue weighted by Gasteiger charge is 2.25. The van der Waals surface area contributed by atoms with Crippen molar-refractivity contribution in [3.8, 4) is 34.7 Å². The Morgan fingerprint density at radius 1 is 0.392 bits per heavy atom. The van der Waals surface area contributed by atoms with E-state index in [-0.39, 0.29) is 0 Å². The number of hydrogen-bond acceptors (Lipinski definition) is 5. The third kappa shape index (κ3) is 4.12. The quantitative estimate of drug-likeness (QED) is 0.189. The summed E-state index contributed by atoms with van der Waals surface area (Å²) in [6.07, 6.45) is 0. The Hall–Kier alpha value is -7.12. The van der Waals surface area contributed by atoms with Gasteiger partial charge in [-0.3, -0.25) is 9.13 Å². The molecular weight excluding hydrogens is 629 g/mol. The van der Waals surface area contributed by atoms with E-state index < -0.39 is 0 Å². The van der Waals surface area contributed by atoms with Gasteiger partial charge in [0.1, 0.15) is 5.52 Å². The van der Waals surface area contributed by atoms with Crippen molar-refractivity contribution in [2.75, 3.05) is 0 Å². The van der Waals surface area contributed by atoms with E-state index in [1.54, 1.807) is 0 Å². The maximum atomic E-state index is 6.77. The van der Waals surface area contributed by atoms with Crippen molar-refractivity contribution >= 4 is 65.5 Å². The second-order valence-electron chi connectivity index (χ2n) is 12.7. The number of nitrogens with zero attached hydrogens (tertiary/aromatic N) is 6. The van der Waals surface area contributed by atoms with Crippen LogP contribution < -0.4 is 0 Å². The largest absolute Gasteiger partial charge is 0.422 e. The molecular formula is C44H26N6O. The van der Waals surface area contributed by atoms with Crippen LogP contribution in [0.5, 0.6) is 0 Å². The molecule has 0 atom stereocenters. The number of oxazole rings is 1. The number of para-hydroxylation sites is 2. The number of aromatic nitrogens is 6. The topological polar surface area (TPSA) is 74.6 Å². The van der Waals surface area contributed by atoms with Crippen LogP contribution in [0.1, 0.15) is 0 Å². The summed E-state index contributed by atoms with van der Waals surface area (Å²) in [6, 6.07) is 54.4. The molecule has 0 aliphatic rings. The molecule has 4 heterocycles. The minimum Gasteiger partial charge on any atom is -0.422 e. The first-order chi connectivity index (χ1) is 25.3. The number of fused-ring (bicyclic) bond motifs is 10. The average molecular weight is 655 g/mol. The molecule has 7 aromatic carbocycles. The summed E-state index contributed by atoms with van der Waals surface area (Å²) in [5, 5.41) is 6.49. The van der Waals surface area contributed by atoms with Gasteiger partial charge in [-0.15, -0.1) is 0 Å². The van der Waals surface area contributed by atoms with E-state index in [2.05, 4.69) is 88.0 Å². The second kappa shape index (κ2) is 10.7. The van der Waals surface area contributed by atoms with Crippen molar-refractivity contribution in [3.05, 3.63) is 158 Å². The van der Waals surface area contributed by atoms with E-state index in [0.29, 0.717) is 23.6 Å². The van der Waals surface area contributed by atoms with Gasteiger partial charge in [0.2, 0.25) is 5.95 Å². The van der Waals surface area contributed by atoms with Crippen LogP contribution in [0.15, 0.2) is 162 Å². The second-order valence-corrected chi connectivity index (χ2v) is 12.7. The Kier molecular flexibility index (Phi) is 5.83. The van der Waals surface area contributed by atoms with E-state index in [1.165, 1.54) is 0 Å². The summed E-state index contributed by atoms with van der Waals surface area (Å²) in [6.45, 7) is 0. The van der Waals surface area contributed by atoms with Crippen molar-refractivity contribution in [2.24, 2.45) is 0 Å². The van der Waals surface area contributed by atoms with Crippen molar-refractivity contribution < 1.29 is 4.42 Å². The highest BCUT2D eigenvalue weighted by atomic mass is 16.4. The lowest BCUT2D eigenvalue weighted by molar-refractivity contribution is 0.577. The molecule has 0 saturated heterocycles. The Balaban J connectivity index is 1.30. The molecule has 7 nitrogen and oxygen atoms in total. The van der Waals surface area contributed by atoms with Crippen LogP contribution >= 0.6 is 0 Å². The lowest BCUT2D eigenvalue weighted by Crippen LogP contribution is -2.07. The molecule has 0 bridgehead atoms. The molecule has 11 rings (SSSR count). The van der Waals surface area contributed by atoms with Gasteiger partial charge in [0.25, 0.3) is 0 Å². The molecule has 0 radical (unpaired) electrons. The first kappa shape index (κ1) is 27.8. The zero-order valence-electron chi connectivity index (χ0n) is 27.1. The minimum atomic E-state index is 0.502. The molecule has 7 heteroatoms. The van der Waals surface area contributed by atoms with Crippen LogP contribution in [-0.2, 0) is 0 Å². The molecule has 0 aliphatic heterocycles. The van der Waals surface area contributed by atoms with Gasteiger partial charge in [0.05, 0.1) is 22.1 Å². The molecule has 238 valence electrons. The van der Waals surface area contributed by atoms with E-state index in [1.807, 2.05) is 78.9 Å². The Morgan fingerprint density at radius 2 is 0.922 bits per heavy atom. The van der Waals surface area contributed by atoms with Gasteiger partial charge in [-0.05, 0) is 23.6 Å². The number of hydrogen-bond donors (Lipinski definition) is 0. The maximum Gasteiger partial charge on any atom is 0.307 e. The van der Waals surface area contributed by atoms with Gasteiger partial charge in [-0.2, -0.15) is 15.0 Å². The predicted molar refractivity (Wildman–Crippen MR) is 204 cm³/mol. The lowest BCUT2D eigenvalue weighted by Gasteiger charge is -2.12. The van der Waals surface area contributed by atoms with Gasteiger partial charge in [-0.1, -0.05) is 140 Å². The molecule has 0 spiro atoms. The summed E-state index contributed by atoms with van der Waals surface area (Å²) in [5.74, 6) is 1.73. The SMILES string of the molecule is c1ccc(-c2nc(-c3ccccc3)nc(-n3c4ccccc4c4ccc5c6ccccc6n(-c6nc7ccc8ccccc8c7o6)c5c43)n2)cc1. The fourth-order valence-electron chi connectivity index (χ4n) is 7.54. The molecule has 0 saturated carbocycles. The highest BCUT2D eigenvalue weighted by molar-refractivity contribution is 6.23. The summed E-state index contributed by atoms with van der Waals surface area (Å²) < 4.78 is 11.1. The highest BCUT2D eigenvalue weighted by Crippen LogP contribution is 2.42. The fourth-order valence-corrected chi connectivity index (χ4v) is 7.54. The molecule has 51 heavy (non-hydrogen) atoms. The zero-order chi connectivity index (χ0) is 33.5. The van der Waals surface area contributed by atoms with Crippen LogP contribution in [-0.4, -0.2) is 29.1 Å². The van der Waals surface area contributed by atoms with E-state index in [4.69, 9.17) is 24.4 Å². The van der Waals surface area contributed by atoms with E-state index in [9.17, 15) is 0 Å². The van der Waals surface area contributed by atoms with E-state index in [0.717, 1.165) is 76.6 Å². The van der Waals surface area contributed by atoms with Crippen LogP contribution in [0.2, 0.25) is 0 Å². The first-order valence-corrected chi connectivity index (χ1v) is 16.9. The monoisotopic (exact) mass is 654 g/mol. The fraction of sp³-hybridized carbons (Fsp3) is 0. The maximum absolute atomic E-state index is 6.77. The molecule has 0 fully saturated rings. The summed E-state index contributed by atoms with van der Waals surface area (Å²) in [7, 11) is 0. The number of rotatable bonds is 4. The zero-order valence-corrected chi connectivity index (χ0v) is 27.1. The summed E-state index contributed by atoms with van der Waals surface area (Å²) in [5.41, 5.74) is 7.31. The van der Waals surface area contributed by atoms with Gasteiger partial charge in [0, 0.05) is 38.1 Å². The molecule has 0 aliphatic carbocycles. The Bertz CT molecular complexity index is 3080. The van der Waals surface area contributed by atoms with Crippen molar-refractivity contribution in [2.45, 2.75) is 0 Å². The molecule has 11 aromatic rings. The standard InChI is InChI=1S/C44H26N6O/c1-3-14-28(15-4-1)41-46-42(29-16-5-2-6-17-29)48-43(47-41)49-36-21-11-9-19-31(36)33-24-25-34-32-20-10-12-22-37(32)50(39(34)38(33)49)44-45-35-26-23-27-13-7-8-18-30(27)40(35)51-44/h1-26H. The average Bonchev–Trinajstić information content (AvgIpc) is 3.89. The van der Waals surface area contributed by atoms with Gasteiger partial charge >= 0.3 is 6.01 Å². The van der Waals surface area contributed by atoms with Crippen LogP contribution in [0.25, 0.3) is 100 Å². The summed E-state index contributed by atoms with van der Waals surface area (Å²) >= 11 is 0. The van der Waals surface area contributed by atoms with Crippen molar-refractivity contribution in [1.82, 2.24) is 29.1 Å². The van der Waals surface area contributed by atoms with Crippen molar-refractivity contribution in [1.29, 1.82) is 0 Å². The molecule has 4 aromatic heterocycles. The van der Waals surface area contributed by atoms with E-state index >= 15 is 0 Å². The predicted octanol–water partition coefficient (Wildman–Crippen LogP) is 10.7. The third-order valence-electron chi connectivity index (χ3n) is 9.82. The number of benzene rings is 7. The van der Waals surface area contributed by atoms with Gasteiger partial charge < -0.3 is 4.42 Å². The van der Waals surface area contributed by atoms with Gasteiger partial charge in [-0.25, -0.2) is 4.98 Å². The van der Waals surface area contributed by atoms with Crippen molar-refractivity contribution in [3.63, 3.8) is 0 Å². The minimum absolute atomic E-state index is 0.502. The molecule has 0 unspecified atom stereocenters. The first-order valence-electron chi connectivity index (χ1n) is 16.9. The van der Waals surface area contributed by atoms with Gasteiger partial charge in [0.15, 0.2) is 17.2 Å². The smallest absolute Gasteiger partial charge is 0.307 e. The molecule has 0 N–H and O–H groups in total. The van der Waals surface area contributed by atoms with Crippen LogP contribution in [0.3, 0.4) is 0 Å². The summed E-state index contributed by atoms with van der Waals surface area (Å²) in [4.78, 5) is 20.5. The van der Waals surface area contributed by atoms with Crippen LogP contribution in [0, 0.1) is 0 Å². The normalized spacial score (nSPS) is 11.9. The lowest BCUT2D eigenvalue weighted by atomic mass is 10.1. The molecule has 0 amide bonds. The Morgan fingerprint density at radius 3 is 1.57 bits per heavy atom. The van der Waals surface area contributed by atoms with Crippen LogP contribution in [0.4, 0.5) is 0 Å². The Labute approximate surface area is 290 Å².